The number of halogens is 3. The minimum atomic E-state index is -2.68. The zero-order chi connectivity index (χ0) is 25.6. The fraction of sp³-hybridized carbons (Fsp3) is 0.696. The molecule has 0 amide bonds. The van der Waals surface area contributed by atoms with Gasteiger partial charge in [-0.05, 0) is 59.7 Å². The summed E-state index contributed by atoms with van der Waals surface area (Å²) in [6.07, 6.45) is -7.59. The number of carbonyl (C=O) groups excluding carboxylic acids is 2. The third-order valence-electron chi connectivity index (χ3n) is 8.95. The van der Waals surface area contributed by atoms with Gasteiger partial charge in [0, 0.05) is 16.7 Å². The van der Waals surface area contributed by atoms with Crippen LogP contribution in [0.15, 0.2) is 22.2 Å². The van der Waals surface area contributed by atoms with Crippen molar-refractivity contribution >= 4 is 33.5 Å². The van der Waals surface area contributed by atoms with E-state index in [-0.39, 0.29) is 16.5 Å². The van der Waals surface area contributed by atoms with Crippen molar-refractivity contribution < 1.29 is 48.7 Å². The number of alkyl halides is 2. The van der Waals surface area contributed by atoms with Crippen LogP contribution in [0, 0.1) is 22.7 Å². The first kappa shape index (κ1) is 25.6. The number of aliphatic hydroxyl groups is 4. The average Bonchev–Trinajstić information content (AvgIpc) is 2.93. The van der Waals surface area contributed by atoms with Crippen molar-refractivity contribution in [1.82, 2.24) is 0 Å². The van der Waals surface area contributed by atoms with Crippen LogP contribution in [0.1, 0.15) is 39.5 Å². The highest BCUT2D eigenvalue weighted by atomic mass is 79.9. The van der Waals surface area contributed by atoms with Crippen LogP contribution in [-0.4, -0.2) is 78.8 Å². The van der Waals surface area contributed by atoms with Crippen molar-refractivity contribution in [3.05, 3.63) is 22.2 Å². The maximum Gasteiger partial charge on any atom is 0.306 e. The lowest BCUT2D eigenvalue weighted by atomic mass is 9.44. The molecule has 0 radical (unpaired) electrons. The molecule has 5 N–H and O–H groups in total. The number of fused-ring (bicyclic) bond motifs is 5. The first-order chi connectivity index (χ1) is 15.6. The van der Waals surface area contributed by atoms with E-state index in [1.807, 2.05) is 0 Å². The second-order valence-electron chi connectivity index (χ2n) is 10.5. The third kappa shape index (κ3) is 2.97. The van der Waals surface area contributed by atoms with E-state index in [0.717, 1.165) is 6.08 Å². The number of aliphatic carboxylic acids is 1. The fourth-order valence-electron chi connectivity index (χ4n) is 7.23. The van der Waals surface area contributed by atoms with Crippen LogP contribution >= 0.6 is 15.9 Å². The summed E-state index contributed by atoms with van der Waals surface area (Å²) in [5.41, 5.74) is -8.70. The highest BCUT2D eigenvalue weighted by Crippen LogP contribution is 2.70. The lowest BCUT2D eigenvalue weighted by Crippen LogP contribution is -2.71. The molecule has 1 unspecified atom stereocenters. The molecule has 0 saturated heterocycles. The van der Waals surface area contributed by atoms with Gasteiger partial charge in [-0.25, -0.2) is 8.78 Å². The van der Waals surface area contributed by atoms with Crippen LogP contribution in [0.4, 0.5) is 8.78 Å². The van der Waals surface area contributed by atoms with Gasteiger partial charge in [0.05, 0.1) is 23.1 Å². The Morgan fingerprint density at radius 1 is 1.21 bits per heavy atom. The Bertz CT molecular complexity index is 1030. The lowest BCUT2D eigenvalue weighted by molar-refractivity contribution is -0.227. The van der Waals surface area contributed by atoms with Gasteiger partial charge in [0.25, 0.3) is 0 Å². The number of aliphatic hydroxyl groups excluding tert-OH is 3. The smallest absolute Gasteiger partial charge is 0.306 e. The SMILES string of the molecule is C[C@]12C=C(Br)C(=O)C=C1[C@H](F)C[C@H]1[C@@H]3C[C@@H](O)[C@](O)(C(=O)C(O)CC(=O)O)[C@@]3(C)C[C@H](O)[C@@]12F. The minimum absolute atomic E-state index is 0.0130. The number of allylic oxidation sites excluding steroid dienone is 4. The summed E-state index contributed by atoms with van der Waals surface area (Å²) < 4.78 is 32.6. The van der Waals surface area contributed by atoms with Crippen molar-refractivity contribution in [2.45, 2.75) is 75.3 Å². The van der Waals surface area contributed by atoms with Gasteiger partial charge in [-0.3, -0.25) is 14.4 Å². The number of rotatable bonds is 4. The molecule has 0 aromatic rings. The predicted octanol–water partition coefficient (Wildman–Crippen LogP) is 1.13. The number of hydrogen-bond donors (Lipinski definition) is 5. The molecule has 3 saturated carbocycles. The van der Waals surface area contributed by atoms with Gasteiger partial charge in [0.2, 0.25) is 0 Å². The molecule has 3 fully saturated rings. The van der Waals surface area contributed by atoms with Crippen LogP contribution in [0.3, 0.4) is 0 Å². The molecule has 8 nitrogen and oxygen atoms in total. The standard InChI is InChI=1S/C23H27BrF2O8/c1-20-7-12(24)14(27)4-11(20)13(25)3-10-9-5-16(29)23(34,19(33)15(28)6-18(31)32)21(9,2)8-17(30)22(10,20)26/h4,7,9-10,13,15-17,28-30,34H,3,5-6,8H2,1-2H3,(H,31,32)/t9-,10-,13+,15?,16+,17-,20-,21-,22-,23-/m0/s1. The number of Topliss-reactive ketones (excluding diaryl/α,β-unsaturated/α-hetero) is 1. The van der Waals surface area contributed by atoms with Gasteiger partial charge in [-0.2, -0.15) is 0 Å². The zero-order valence-electron chi connectivity index (χ0n) is 18.5. The fourth-order valence-corrected chi connectivity index (χ4v) is 7.80. The molecule has 34 heavy (non-hydrogen) atoms. The van der Waals surface area contributed by atoms with Gasteiger partial charge < -0.3 is 25.5 Å². The lowest BCUT2D eigenvalue weighted by Gasteiger charge is -2.63. The van der Waals surface area contributed by atoms with Crippen LogP contribution in [0.25, 0.3) is 0 Å². The van der Waals surface area contributed by atoms with Gasteiger partial charge >= 0.3 is 5.97 Å². The highest BCUT2D eigenvalue weighted by molar-refractivity contribution is 9.12. The monoisotopic (exact) mass is 548 g/mol. The van der Waals surface area contributed by atoms with E-state index in [0.29, 0.717) is 0 Å². The van der Waals surface area contributed by atoms with Crippen molar-refractivity contribution in [2.24, 2.45) is 22.7 Å². The van der Waals surface area contributed by atoms with Crippen LogP contribution < -0.4 is 0 Å². The molecule has 0 aromatic carbocycles. The maximum atomic E-state index is 17.1. The summed E-state index contributed by atoms with van der Waals surface area (Å²) in [4.78, 5) is 36.2. The Morgan fingerprint density at radius 2 is 1.82 bits per heavy atom. The molecule has 4 rings (SSSR count). The number of carboxylic acid groups (broad SMARTS) is 1. The average molecular weight is 549 g/mol. The summed E-state index contributed by atoms with van der Waals surface area (Å²) >= 11 is 3.08. The molecule has 4 aliphatic rings. The quantitative estimate of drug-likeness (QED) is 0.350. The van der Waals surface area contributed by atoms with Crippen molar-refractivity contribution in [1.29, 1.82) is 0 Å². The molecule has 0 aromatic heterocycles. The van der Waals surface area contributed by atoms with E-state index >= 15 is 8.78 Å². The van der Waals surface area contributed by atoms with Gasteiger partial charge in [0.15, 0.2) is 22.8 Å². The molecule has 0 aliphatic heterocycles. The summed E-state index contributed by atoms with van der Waals surface area (Å²) in [7, 11) is 0. The first-order valence-corrected chi connectivity index (χ1v) is 11.9. The molecule has 0 bridgehead atoms. The molecule has 188 valence electrons. The summed E-state index contributed by atoms with van der Waals surface area (Å²) in [6.45, 7) is 2.75. The molecule has 11 heteroatoms. The Labute approximate surface area is 202 Å². The topological polar surface area (TPSA) is 152 Å². The van der Waals surface area contributed by atoms with Crippen LogP contribution in [-0.2, 0) is 14.4 Å². The molecule has 0 heterocycles. The molecular weight excluding hydrogens is 522 g/mol. The Kier molecular flexibility index (Phi) is 5.81. The summed E-state index contributed by atoms with van der Waals surface area (Å²) in [6, 6.07) is 0. The third-order valence-corrected chi connectivity index (χ3v) is 9.57. The van der Waals surface area contributed by atoms with E-state index in [1.165, 1.54) is 19.9 Å². The normalized spacial score (nSPS) is 48.7. The van der Waals surface area contributed by atoms with Crippen molar-refractivity contribution in [2.75, 3.05) is 0 Å². The second kappa shape index (κ2) is 7.73. The first-order valence-electron chi connectivity index (χ1n) is 11.1. The minimum Gasteiger partial charge on any atom is -0.481 e. The van der Waals surface area contributed by atoms with E-state index < -0.39 is 95.2 Å². The highest BCUT2D eigenvalue weighted by Gasteiger charge is 2.77. The molecule has 4 aliphatic carbocycles. The van der Waals surface area contributed by atoms with E-state index in [1.54, 1.807) is 0 Å². The Morgan fingerprint density at radius 3 is 2.41 bits per heavy atom. The summed E-state index contributed by atoms with van der Waals surface area (Å²) in [5, 5.41) is 52.5. The number of hydrogen-bond acceptors (Lipinski definition) is 7. The Hall–Kier alpha value is -1.53. The second-order valence-corrected chi connectivity index (χ2v) is 11.3. The van der Waals surface area contributed by atoms with Gasteiger partial charge in [-0.15, -0.1) is 0 Å². The van der Waals surface area contributed by atoms with Crippen molar-refractivity contribution in [3.8, 4) is 0 Å². The number of carbonyl (C=O) groups is 3. The Balaban J connectivity index is 1.82. The summed E-state index contributed by atoms with van der Waals surface area (Å²) in [5.74, 6) is -5.64. The van der Waals surface area contributed by atoms with E-state index in [9.17, 15) is 34.8 Å². The van der Waals surface area contributed by atoms with Gasteiger partial charge in [-0.1, -0.05) is 13.0 Å². The molecular formula is C23H27BrF2O8. The van der Waals surface area contributed by atoms with Crippen LogP contribution in [0.2, 0.25) is 0 Å². The number of carboxylic acids is 1. The maximum absolute atomic E-state index is 17.1. The van der Waals surface area contributed by atoms with Crippen LogP contribution in [0.5, 0.6) is 0 Å². The molecule has 0 spiro atoms. The van der Waals surface area contributed by atoms with E-state index in [4.69, 9.17) is 5.11 Å². The predicted molar refractivity (Wildman–Crippen MR) is 116 cm³/mol. The zero-order valence-corrected chi connectivity index (χ0v) is 20.1. The largest absolute Gasteiger partial charge is 0.481 e. The van der Waals surface area contributed by atoms with Crippen molar-refractivity contribution in [3.63, 3.8) is 0 Å². The molecule has 10 atom stereocenters. The van der Waals surface area contributed by atoms with Gasteiger partial charge in [0.1, 0.15) is 12.3 Å². The van der Waals surface area contributed by atoms with E-state index in [2.05, 4.69) is 15.9 Å². The number of ketones is 2.